The summed E-state index contributed by atoms with van der Waals surface area (Å²) in [4.78, 5) is 33.4. The number of nitro groups is 1. The number of nitrogens with zero attached hydrogens (tertiary/aromatic N) is 1. The van der Waals surface area contributed by atoms with Gasteiger partial charge in [0.15, 0.2) is 0 Å². The highest BCUT2D eigenvalue weighted by atomic mass is 16.6. The molecule has 0 aliphatic heterocycles. The van der Waals surface area contributed by atoms with Gasteiger partial charge in [-0.2, -0.15) is 0 Å². The Balaban J connectivity index is 2.51. The van der Waals surface area contributed by atoms with Gasteiger partial charge in [-0.05, 0) is 25.8 Å². The van der Waals surface area contributed by atoms with Crippen LogP contribution in [0.5, 0.6) is 5.75 Å². The maximum Gasteiger partial charge on any atom is 0.336 e. The van der Waals surface area contributed by atoms with Gasteiger partial charge >= 0.3 is 17.6 Å². The Bertz CT molecular complexity index is 611. The largest absolute Gasteiger partial charge is 0.460 e. The summed E-state index contributed by atoms with van der Waals surface area (Å²) in [5, 5.41) is 10.8. The van der Waals surface area contributed by atoms with Crippen LogP contribution in [0.4, 0.5) is 5.69 Å². The monoisotopic (exact) mass is 335 g/mol. The topological polar surface area (TPSA) is 95.7 Å². The average molecular weight is 335 g/mol. The van der Waals surface area contributed by atoms with Crippen molar-refractivity contribution in [2.24, 2.45) is 0 Å². The lowest BCUT2D eigenvalue weighted by Gasteiger charge is -2.10. The molecule has 0 heterocycles. The lowest BCUT2D eigenvalue weighted by molar-refractivity contribution is -0.385. The molecule has 0 saturated heterocycles. The molecular weight excluding hydrogens is 314 g/mol. The van der Waals surface area contributed by atoms with Gasteiger partial charge in [0.2, 0.25) is 5.75 Å². The van der Waals surface area contributed by atoms with Crippen LogP contribution < -0.4 is 4.74 Å². The van der Waals surface area contributed by atoms with E-state index in [2.05, 4.69) is 6.92 Å². The second-order valence-electron chi connectivity index (χ2n) is 5.22. The second kappa shape index (κ2) is 10.1. The lowest BCUT2D eigenvalue weighted by Crippen LogP contribution is -2.14. The van der Waals surface area contributed by atoms with Crippen LogP contribution in [0, 0.1) is 10.1 Å². The van der Waals surface area contributed by atoms with Crippen molar-refractivity contribution >= 4 is 17.6 Å². The van der Waals surface area contributed by atoms with Gasteiger partial charge in [-0.15, -0.1) is 0 Å². The zero-order valence-corrected chi connectivity index (χ0v) is 13.8. The molecule has 1 atom stereocenters. The van der Waals surface area contributed by atoms with Gasteiger partial charge in [0.25, 0.3) is 0 Å². The zero-order chi connectivity index (χ0) is 17.9. The van der Waals surface area contributed by atoms with Crippen molar-refractivity contribution in [3.05, 3.63) is 46.5 Å². The SMILES string of the molecule is CCCCCC(C)OC(=O)/C=C/C(=O)Oc1ccccc1[N+](=O)[O-]. The number of ether oxygens (including phenoxy) is 2. The molecular formula is C17H21NO6. The van der Waals surface area contributed by atoms with Gasteiger partial charge in [-0.1, -0.05) is 31.9 Å². The van der Waals surface area contributed by atoms with E-state index in [0.29, 0.717) is 0 Å². The normalized spacial score (nSPS) is 11.9. The number of hydrogen-bond acceptors (Lipinski definition) is 6. The molecule has 1 unspecified atom stereocenters. The van der Waals surface area contributed by atoms with Crippen LogP contribution in [-0.4, -0.2) is 23.0 Å². The van der Waals surface area contributed by atoms with Crippen LogP contribution in [0.3, 0.4) is 0 Å². The highest BCUT2D eigenvalue weighted by Crippen LogP contribution is 2.25. The van der Waals surface area contributed by atoms with E-state index >= 15 is 0 Å². The molecule has 0 bridgehead atoms. The van der Waals surface area contributed by atoms with Gasteiger partial charge in [-0.3, -0.25) is 10.1 Å². The van der Waals surface area contributed by atoms with E-state index in [1.165, 1.54) is 24.3 Å². The van der Waals surface area contributed by atoms with Gasteiger partial charge in [0.05, 0.1) is 11.0 Å². The van der Waals surface area contributed by atoms with Crippen molar-refractivity contribution in [1.82, 2.24) is 0 Å². The zero-order valence-electron chi connectivity index (χ0n) is 13.8. The van der Waals surface area contributed by atoms with Crippen molar-refractivity contribution in [3.8, 4) is 5.75 Å². The van der Waals surface area contributed by atoms with Crippen molar-refractivity contribution < 1.29 is 24.0 Å². The van der Waals surface area contributed by atoms with E-state index in [9.17, 15) is 19.7 Å². The molecule has 7 nitrogen and oxygen atoms in total. The van der Waals surface area contributed by atoms with Crippen LogP contribution in [-0.2, 0) is 14.3 Å². The number of nitro benzene ring substituents is 1. The summed E-state index contributed by atoms with van der Waals surface area (Å²) in [6.45, 7) is 3.87. The molecule has 0 spiro atoms. The number of rotatable bonds is 9. The van der Waals surface area contributed by atoms with E-state index in [1.807, 2.05) is 0 Å². The van der Waals surface area contributed by atoms with Crippen LogP contribution in [0.2, 0.25) is 0 Å². The third kappa shape index (κ3) is 7.04. The smallest absolute Gasteiger partial charge is 0.336 e. The first-order valence-corrected chi connectivity index (χ1v) is 7.78. The summed E-state index contributed by atoms with van der Waals surface area (Å²) in [7, 11) is 0. The Morgan fingerprint density at radius 3 is 2.54 bits per heavy atom. The molecule has 1 aromatic carbocycles. The van der Waals surface area contributed by atoms with Crippen LogP contribution in [0.25, 0.3) is 0 Å². The summed E-state index contributed by atoms with van der Waals surface area (Å²) in [5.41, 5.74) is -0.327. The van der Waals surface area contributed by atoms with E-state index in [-0.39, 0.29) is 17.5 Å². The number of esters is 2. The van der Waals surface area contributed by atoms with Crippen molar-refractivity contribution in [3.63, 3.8) is 0 Å². The van der Waals surface area contributed by atoms with Gasteiger partial charge in [0, 0.05) is 18.2 Å². The van der Waals surface area contributed by atoms with Crippen molar-refractivity contribution in [1.29, 1.82) is 0 Å². The molecule has 1 aromatic rings. The Hall–Kier alpha value is -2.70. The van der Waals surface area contributed by atoms with Gasteiger partial charge in [-0.25, -0.2) is 9.59 Å². The fraction of sp³-hybridized carbons (Fsp3) is 0.412. The Morgan fingerprint density at radius 2 is 1.88 bits per heavy atom. The Morgan fingerprint density at radius 1 is 1.21 bits per heavy atom. The number of carbonyl (C=O) groups excluding carboxylic acids is 2. The first-order chi connectivity index (χ1) is 11.4. The Labute approximate surface area is 140 Å². The minimum Gasteiger partial charge on any atom is -0.460 e. The standard InChI is InChI=1S/C17H21NO6/c1-3-4-5-8-13(2)23-16(19)11-12-17(20)24-15-10-7-6-9-14(15)18(21)22/h6-7,9-13H,3-5,8H2,1-2H3/b12-11+. The number of benzene rings is 1. The molecule has 1 rings (SSSR count). The molecule has 0 aromatic heterocycles. The van der Waals surface area contributed by atoms with Crippen LogP contribution >= 0.6 is 0 Å². The van der Waals surface area contributed by atoms with Crippen molar-refractivity contribution in [2.75, 3.05) is 0 Å². The summed E-state index contributed by atoms with van der Waals surface area (Å²) in [6.07, 6.45) is 5.48. The summed E-state index contributed by atoms with van der Waals surface area (Å²) >= 11 is 0. The molecule has 0 saturated carbocycles. The van der Waals surface area contributed by atoms with Crippen molar-refractivity contribution in [2.45, 2.75) is 45.6 Å². The molecule has 0 aliphatic carbocycles. The van der Waals surface area contributed by atoms with Gasteiger partial charge < -0.3 is 9.47 Å². The van der Waals surface area contributed by atoms with Crippen LogP contribution in [0.15, 0.2) is 36.4 Å². The number of carbonyl (C=O) groups is 2. The van der Waals surface area contributed by atoms with E-state index in [0.717, 1.165) is 37.8 Å². The predicted octanol–water partition coefficient (Wildman–Crippen LogP) is 3.57. The third-order valence-electron chi connectivity index (χ3n) is 3.16. The summed E-state index contributed by atoms with van der Waals surface area (Å²) < 4.78 is 9.98. The molecule has 0 N–H and O–H groups in total. The molecule has 7 heteroatoms. The maximum atomic E-state index is 11.6. The van der Waals surface area contributed by atoms with Gasteiger partial charge in [0.1, 0.15) is 0 Å². The third-order valence-corrected chi connectivity index (χ3v) is 3.16. The molecule has 130 valence electrons. The highest BCUT2D eigenvalue weighted by molar-refractivity contribution is 5.92. The fourth-order valence-electron chi connectivity index (χ4n) is 1.95. The summed E-state index contributed by atoms with van der Waals surface area (Å²) in [5.74, 6) is -1.73. The second-order valence-corrected chi connectivity index (χ2v) is 5.22. The highest BCUT2D eigenvalue weighted by Gasteiger charge is 2.16. The van der Waals surface area contributed by atoms with E-state index in [4.69, 9.17) is 9.47 Å². The minimum atomic E-state index is -0.889. The first-order valence-electron chi connectivity index (χ1n) is 7.78. The van der Waals surface area contributed by atoms with E-state index in [1.54, 1.807) is 6.92 Å². The minimum absolute atomic E-state index is 0.182. The molecule has 24 heavy (non-hydrogen) atoms. The van der Waals surface area contributed by atoms with Crippen LogP contribution in [0.1, 0.15) is 39.5 Å². The lowest BCUT2D eigenvalue weighted by atomic mass is 10.1. The first kappa shape index (κ1) is 19.3. The molecule has 0 fully saturated rings. The molecule has 0 aliphatic rings. The molecule has 0 radical (unpaired) electrons. The number of para-hydroxylation sites is 2. The quantitative estimate of drug-likeness (QED) is 0.171. The number of unbranched alkanes of at least 4 members (excludes halogenated alkanes) is 2. The Kier molecular flexibility index (Phi) is 8.18. The number of hydrogen-bond donors (Lipinski definition) is 0. The molecule has 0 amide bonds. The van der Waals surface area contributed by atoms with E-state index < -0.39 is 16.9 Å². The fourth-order valence-corrected chi connectivity index (χ4v) is 1.95. The maximum absolute atomic E-state index is 11.6. The summed E-state index contributed by atoms with van der Waals surface area (Å²) in [6, 6.07) is 5.49. The predicted molar refractivity (Wildman–Crippen MR) is 87.6 cm³/mol. The average Bonchev–Trinajstić information content (AvgIpc) is 2.53.